The Labute approximate surface area is 155 Å². The van der Waals surface area contributed by atoms with Crippen LogP contribution in [0.25, 0.3) is 22.4 Å². The molecule has 0 atom stereocenters. The first-order valence-electron chi connectivity index (χ1n) is 8.23. The maximum Gasteiger partial charge on any atom is 0.255 e. The van der Waals surface area contributed by atoms with E-state index in [0.717, 1.165) is 28.0 Å². The summed E-state index contributed by atoms with van der Waals surface area (Å²) < 4.78 is 0. The minimum absolute atomic E-state index is 0.144. The minimum atomic E-state index is -0.144. The largest absolute Gasteiger partial charge is 0.338 e. The molecule has 0 spiro atoms. The van der Waals surface area contributed by atoms with Gasteiger partial charge in [0.05, 0.1) is 11.0 Å². The van der Waals surface area contributed by atoms with Gasteiger partial charge in [-0.05, 0) is 48.9 Å². The Morgan fingerprint density at radius 2 is 1.85 bits per heavy atom. The highest BCUT2D eigenvalue weighted by Gasteiger charge is 2.10. The molecule has 0 fully saturated rings. The van der Waals surface area contributed by atoms with Crippen molar-refractivity contribution < 1.29 is 4.79 Å². The molecule has 1 aromatic heterocycles. The van der Waals surface area contributed by atoms with Crippen molar-refractivity contribution in [1.82, 2.24) is 9.97 Å². The number of aryl methyl sites for hydroxylation is 1. The number of benzene rings is 3. The summed E-state index contributed by atoms with van der Waals surface area (Å²) in [6, 6.07) is 20.6. The first-order chi connectivity index (χ1) is 12.6. The van der Waals surface area contributed by atoms with Crippen molar-refractivity contribution in [2.75, 3.05) is 5.32 Å². The molecule has 3 aromatic carbocycles. The standard InChI is InChI=1S/C21H16ClN3O/c1-13-10-18-19(12-17(13)22)25-20(24-18)15-8-5-9-16(11-15)23-21(26)14-6-3-2-4-7-14/h2-12H,1H3,(H,23,26)(H,24,25). The Kier molecular flexibility index (Phi) is 4.19. The fourth-order valence-corrected chi connectivity index (χ4v) is 2.97. The second-order valence-corrected chi connectivity index (χ2v) is 6.51. The monoisotopic (exact) mass is 361 g/mol. The van der Waals surface area contributed by atoms with Crippen molar-refractivity contribution in [1.29, 1.82) is 0 Å². The lowest BCUT2D eigenvalue weighted by Gasteiger charge is -2.06. The van der Waals surface area contributed by atoms with Crippen LogP contribution in [-0.2, 0) is 0 Å². The summed E-state index contributed by atoms with van der Waals surface area (Å²) >= 11 is 6.18. The maximum absolute atomic E-state index is 12.3. The van der Waals surface area contributed by atoms with Crippen LogP contribution in [0.2, 0.25) is 5.02 Å². The summed E-state index contributed by atoms with van der Waals surface area (Å²) in [5, 5.41) is 3.61. The third-order valence-electron chi connectivity index (χ3n) is 4.19. The molecular weight excluding hydrogens is 346 g/mol. The molecule has 0 unspecified atom stereocenters. The van der Waals surface area contributed by atoms with Crippen molar-refractivity contribution in [3.8, 4) is 11.4 Å². The molecule has 0 bridgehead atoms. The summed E-state index contributed by atoms with van der Waals surface area (Å²) in [4.78, 5) is 20.2. The van der Waals surface area contributed by atoms with Crippen LogP contribution in [0.5, 0.6) is 0 Å². The highest BCUT2D eigenvalue weighted by molar-refractivity contribution is 6.32. The Bertz CT molecular complexity index is 1060. The van der Waals surface area contributed by atoms with Crippen LogP contribution >= 0.6 is 11.6 Å². The number of H-pyrrole nitrogens is 1. The van der Waals surface area contributed by atoms with Crippen LogP contribution in [-0.4, -0.2) is 15.9 Å². The molecular formula is C21H16ClN3O. The van der Waals surface area contributed by atoms with E-state index in [0.29, 0.717) is 16.3 Å². The SMILES string of the molecule is Cc1cc2[nH]c(-c3cccc(NC(=O)c4ccccc4)c3)nc2cc1Cl. The van der Waals surface area contributed by atoms with Gasteiger partial charge in [-0.15, -0.1) is 0 Å². The average Bonchev–Trinajstić information content (AvgIpc) is 3.06. The van der Waals surface area contributed by atoms with E-state index in [-0.39, 0.29) is 5.91 Å². The van der Waals surface area contributed by atoms with Crippen molar-refractivity contribution in [2.45, 2.75) is 6.92 Å². The summed E-state index contributed by atoms with van der Waals surface area (Å²) in [5.41, 5.74) is 4.96. The van der Waals surface area contributed by atoms with Crippen molar-refractivity contribution >= 4 is 34.2 Å². The molecule has 0 aliphatic heterocycles. The number of rotatable bonds is 3. The Morgan fingerprint density at radius 1 is 1.04 bits per heavy atom. The maximum atomic E-state index is 12.3. The van der Waals surface area contributed by atoms with Crippen LogP contribution in [0, 0.1) is 6.92 Å². The highest BCUT2D eigenvalue weighted by Crippen LogP contribution is 2.26. The number of amides is 1. The number of imidazole rings is 1. The van der Waals surface area contributed by atoms with Gasteiger partial charge < -0.3 is 10.3 Å². The molecule has 0 saturated heterocycles. The Hall–Kier alpha value is -3.11. The summed E-state index contributed by atoms with van der Waals surface area (Å²) in [7, 11) is 0. The number of halogens is 1. The normalized spacial score (nSPS) is 10.8. The van der Waals surface area contributed by atoms with Gasteiger partial charge in [-0.1, -0.05) is 41.9 Å². The van der Waals surface area contributed by atoms with Gasteiger partial charge in [0, 0.05) is 21.8 Å². The summed E-state index contributed by atoms with van der Waals surface area (Å²) in [5.74, 6) is 0.590. The van der Waals surface area contributed by atoms with Crippen LogP contribution < -0.4 is 5.32 Å². The van der Waals surface area contributed by atoms with Crippen LogP contribution in [0.1, 0.15) is 15.9 Å². The molecule has 0 saturated carbocycles. The van der Waals surface area contributed by atoms with E-state index < -0.39 is 0 Å². The van der Waals surface area contributed by atoms with Crippen molar-refractivity contribution in [3.05, 3.63) is 82.9 Å². The van der Waals surface area contributed by atoms with E-state index >= 15 is 0 Å². The smallest absolute Gasteiger partial charge is 0.255 e. The molecule has 5 heteroatoms. The van der Waals surface area contributed by atoms with Gasteiger partial charge in [-0.3, -0.25) is 4.79 Å². The molecule has 0 aliphatic rings. The van der Waals surface area contributed by atoms with Crippen LogP contribution in [0.4, 0.5) is 5.69 Å². The zero-order chi connectivity index (χ0) is 18.1. The van der Waals surface area contributed by atoms with Crippen molar-refractivity contribution in [2.24, 2.45) is 0 Å². The number of aromatic nitrogens is 2. The zero-order valence-electron chi connectivity index (χ0n) is 14.1. The molecule has 26 heavy (non-hydrogen) atoms. The zero-order valence-corrected chi connectivity index (χ0v) is 14.8. The summed E-state index contributed by atoms with van der Waals surface area (Å²) in [6.45, 7) is 1.96. The number of hydrogen-bond donors (Lipinski definition) is 2. The Morgan fingerprint density at radius 3 is 2.65 bits per heavy atom. The quantitative estimate of drug-likeness (QED) is 0.510. The van der Waals surface area contributed by atoms with E-state index in [1.54, 1.807) is 12.1 Å². The highest BCUT2D eigenvalue weighted by atomic mass is 35.5. The van der Waals surface area contributed by atoms with Gasteiger partial charge in [-0.2, -0.15) is 0 Å². The molecule has 1 amide bonds. The predicted molar refractivity (Wildman–Crippen MR) is 106 cm³/mol. The van der Waals surface area contributed by atoms with E-state index in [9.17, 15) is 4.79 Å². The second-order valence-electron chi connectivity index (χ2n) is 6.10. The topological polar surface area (TPSA) is 57.8 Å². The molecule has 4 aromatic rings. The first-order valence-corrected chi connectivity index (χ1v) is 8.61. The van der Waals surface area contributed by atoms with Crippen LogP contribution in [0.3, 0.4) is 0 Å². The number of carbonyl (C=O) groups excluding carboxylic acids is 1. The fraction of sp³-hybridized carbons (Fsp3) is 0.0476. The van der Waals surface area contributed by atoms with E-state index in [1.807, 2.05) is 61.5 Å². The number of aromatic amines is 1. The number of nitrogens with zero attached hydrogens (tertiary/aromatic N) is 1. The van der Waals surface area contributed by atoms with Gasteiger partial charge in [0.25, 0.3) is 5.91 Å². The molecule has 128 valence electrons. The summed E-state index contributed by atoms with van der Waals surface area (Å²) in [6.07, 6.45) is 0. The lowest BCUT2D eigenvalue weighted by atomic mass is 10.1. The predicted octanol–water partition coefficient (Wildman–Crippen LogP) is 5.44. The molecule has 4 nitrogen and oxygen atoms in total. The number of fused-ring (bicyclic) bond motifs is 1. The van der Waals surface area contributed by atoms with Crippen LogP contribution in [0.15, 0.2) is 66.7 Å². The minimum Gasteiger partial charge on any atom is -0.338 e. The Balaban J connectivity index is 1.64. The van der Waals surface area contributed by atoms with E-state index in [1.165, 1.54) is 0 Å². The number of hydrogen-bond acceptors (Lipinski definition) is 2. The first kappa shape index (κ1) is 16.4. The molecule has 2 N–H and O–H groups in total. The van der Waals surface area contributed by atoms with Gasteiger partial charge >= 0.3 is 0 Å². The van der Waals surface area contributed by atoms with Crippen molar-refractivity contribution in [3.63, 3.8) is 0 Å². The van der Waals surface area contributed by atoms with E-state index in [2.05, 4.69) is 15.3 Å². The molecule has 4 rings (SSSR count). The fourth-order valence-electron chi connectivity index (χ4n) is 2.81. The molecule has 1 heterocycles. The third-order valence-corrected chi connectivity index (χ3v) is 4.60. The lowest BCUT2D eigenvalue weighted by Crippen LogP contribution is -2.11. The third kappa shape index (κ3) is 3.19. The van der Waals surface area contributed by atoms with E-state index in [4.69, 9.17) is 11.6 Å². The number of anilines is 1. The molecule has 0 aliphatic carbocycles. The number of nitrogens with one attached hydrogen (secondary N) is 2. The number of carbonyl (C=O) groups is 1. The molecule has 0 radical (unpaired) electrons. The van der Waals surface area contributed by atoms with Gasteiger partial charge in [0.2, 0.25) is 0 Å². The average molecular weight is 362 g/mol. The van der Waals surface area contributed by atoms with Gasteiger partial charge in [0.15, 0.2) is 0 Å². The van der Waals surface area contributed by atoms with Gasteiger partial charge in [-0.25, -0.2) is 4.98 Å². The van der Waals surface area contributed by atoms with Gasteiger partial charge in [0.1, 0.15) is 5.82 Å². The second kappa shape index (κ2) is 6.65. The lowest BCUT2D eigenvalue weighted by molar-refractivity contribution is 0.102.